The smallest absolute Gasteiger partial charge is 0.319 e. The molecule has 0 aromatic heterocycles. The van der Waals surface area contributed by atoms with Crippen molar-refractivity contribution in [2.24, 2.45) is 5.92 Å². The quantitative estimate of drug-likeness (QED) is 0.544. The molecule has 34 heavy (non-hydrogen) atoms. The van der Waals surface area contributed by atoms with Gasteiger partial charge in [0.05, 0.1) is 0 Å². The second-order valence-electron chi connectivity index (χ2n) is 9.38. The Kier molecular flexibility index (Phi) is 6.97. The van der Waals surface area contributed by atoms with Crippen molar-refractivity contribution in [2.45, 2.75) is 37.0 Å². The molecule has 0 radical (unpaired) electrons. The molecule has 3 fully saturated rings. The second kappa shape index (κ2) is 10.3. The number of anilines is 3. The van der Waals surface area contributed by atoms with Crippen molar-refractivity contribution in [3.05, 3.63) is 54.1 Å². The molecule has 3 heterocycles. The number of hydrogen-bond donors (Lipinski definition) is 3. The average Bonchev–Trinajstić information content (AvgIpc) is 3.72. The van der Waals surface area contributed by atoms with Crippen LogP contribution >= 0.6 is 11.8 Å². The highest BCUT2D eigenvalue weighted by molar-refractivity contribution is 8.06. The van der Waals surface area contributed by atoms with Crippen molar-refractivity contribution in [1.82, 2.24) is 5.32 Å². The molecule has 0 aliphatic carbocycles. The normalized spacial score (nSPS) is 24.6. The fraction of sp³-hybridized carbons (Fsp3) is 0.462. The molecule has 3 N–H and O–H groups in total. The second-order valence-corrected chi connectivity index (χ2v) is 10.6. The summed E-state index contributed by atoms with van der Waals surface area (Å²) < 4.78 is 0. The summed E-state index contributed by atoms with van der Waals surface area (Å²) in [6.45, 7) is 2.72. The van der Waals surface area contributed by atoms with Crippen LogP contribution in [0.25, 0.3) is 0 Å². The molecule has 3 amide bonds. The van der Waals surface area contributed by atoms with E-state index in [1.807, 2.05) is 48.2 Å². The zero-order chi connectivity index (χ0) is 23.5. The lowest BCUT2D eigenvalue weighted by molar-refractivity contribution is -0.121. The molecule has 180 valence electrons. The first-order valence-electron chi connectivity index (χ1n) is 12.2. The Balaban J connectivity index is 1.18. The van der Waals surface area contributed by atoms with E-state index in [0.29, 0.717) is 24.1 Å². The lowest BCUT2D eigenvalue weighted by Crippen LogP contribution is -2.53. The van der Waals surface area contributed by atoms with Gasteiger partial charge >= 0.3 is 6.03 Å². The van der Waals surface area contributed by atoms with E-state index in [2.05, 4.69) is 27.7 Å². The number of benzene rings is 2. The standard InChI is InChI=1S/C26H32N4O3S/c31-16-18-3-1-13-29(15-18)21-9-11-22(12-10-21)30-14-2-4-23(25(30)32)28-26(33)27-20-7-5-19(6-8-20)24-17-34-24/h5-12,18,23-24,31H,1-4,13-17H2,(H2,27,28,33)/t18?,23-,24?/m1/s1. The molecule has 2 aromatic carbocycles. The van der Waals surface area contributed by atoms with Gasteiger partial charge in [0.2, 0.25) is 5.91 Å². The van der Waals surface area contributed by atoms with Crippen molar-refractivity contribution >= 4 is 40.8 Å². The van der Waals surface area contributed by atoms with Gasteiger partial charge in [-0.05, 0) is 73.6 Å². The Morgan fingerprint density at radius 2 is 1.71 bits per heavy atom. The van der Waals surface area contributed by atoms with Gasteiger partial charge in [0.15, 0.2) is 0 Å². The molecule has 0 spiro atoms. The molecule has 3 aliphatic rings. The maximum absolute atomic E-state index is 13.2. The fourth-order valence-corrected chi connectivity index (χ4v) is 5.54. The van der Waals surface area contributed by atoms with Crippen LogP contribution in [0.2, 0.25) is 0 Å². The highest BCUT2D eigenvalue weighted by Crippen LogP contribution is 2.46. The van der Waals surface area contributed by atoms with E-state index in [0.717, 1.165) is 49.4 Å². The number of carbonyl (C=O) groups is 2. The summed E-state index contributed by atoms with van der Waals surface area (Å²) in [5.74, 6) is 1.41. The van der Waals surface area contributed by atoms with E-state index in [1.54, 1.807) is 4.90 Å². The Bertz CT molecular complexity index is 1010. The molecule has 7 nitrogen and oxygen atoms in total. The molecule has 3 aliphatic heterocycles. The van der Waals surface area contributed by atoms with Crippen molar-refractivity contribution in [3.8, 4) is 0 Å². The zero-order valence-electron chi connectivity index (χ0n) is 19.3. The first kappa shape index (κ1) is 23.1. The summed E-state index contributed by atoms with van der Waals surface area (Å²) in [7, 11) is 0. The van der Waals surface area contributed by atoms with Gasteiger partial charge < -0.3 is 25.5 Å². The molecular formula is C26H32N4O3S. The van der Waals surface area contributed by atoms with Gasteiger partial charge in [-0.2, -0.15) is 11.8 Å². The molecule has 8 heteroatoms. The van der Waals surface area contributed by atoms with Crippen LogP contribution in [0, 0.1) is 5.92 Å². The number of nitrogens with zero attached hydrogens (tertiary/aromatic N) is 2. The maximum Gasteiger partial charge on any atom is 0.319 e. The van der Waals surface area contributed by atoms with Crippen LogP contribution in [0.5, 0.6) is 0 Å². The van der Waals surface area contributed by atoms with Crippen LogP contribution in [0.1, 0.15) is 36.5 Å². The van der Waals surface area contributed by atoms with Crippen LogP contribution in [-0.4, -0.2) is 55.1 Å². The van der Waals surface area contributed by atoms with Crippen LogP contribution in [0.3, 0.4) is 0 Å². The number of aliphatic hydroxyl groups is 1. The summed E-state index contributed by atoms with van der Waals surface area (Å²) in [6, 6.07) is 15.1. The molecule has 3 saturated heterocycles. The van der Waals surface area contributed by atoms with Gasteiger partial charge in [0.1, 0.15) is 6.04 Å². The summed E-state index contributed by atoms with van der Waals surface area (Å²) in [5, 5.41) is 15.8. The van der Waals surface area contributed by atoms with E-state index >= 15 is 0 Å². The van der Waals surface area contributed by atoms with Crippen LogP contribution < -0.4 is 20.4 Å². The Hall–Kier alpha value is -2.71. The van der Waals surface area contributed by atoms with Crippen molar-refractivity contribution in [2.75, 3.05) is 47.1 Å². The number of piperidine rings is 2. The van der Waals surface area contributed by atoms with Crippen LogP contribution in [0.4, 0.5) is 21.9 Å². The van der Waals surface area contributed by atoms with Crippen LogP contribution in [0.15, 0.2) is 48.5 Å². The average molecular weight is 481 g/mol. The highest BCUT2D eigenvalue weighted by Gasteiger charge is 2.31. The molecule has 2 aromatic rings. The number of rotatable bonds is 6. The number of thioether (sulfide) groups is 1. The Morgan fingerprint density at radius 3 is 2.41 bits per heavy atom. The first-order chi connectivity index (χ1) is 16.6. The monoisotopic (exact) mass is 480 g/mol. The van der Waals surface area contributed by atoms with Crippen molar-refractivity contribution in [1.29, 1.82) is 0 Å². The molecule has 3 atom stereocenters. The molecular weight excluding hydrogens is 448 g/mol. The summed E-state index contributed by atoms with van der Waals surface area (Å²) in [4.78, 5) is 29.8. The van der Waals surface area contributed by atoms with E-state index in [4.69, 9.17) is 0 Å². The lowest BCUT2D eigenvalue weighted by atomic mass is 9.98. The minimum atomic E-state index is -0.539. The summed E-state index contributed by atoms with van der Waals surface area (Å²) in [6.07, 6.45) is 3.61. The lowest BCUT2D eigenvalue weighted by Gasteiger charge is -2.35. The molecule has 0 saturated carbocycles. The third-order valence-electron chi connectivity index (χ3n) is 6.92. The highest BCUT2D eigenvalue weighted by atomic mass is 32.2. The van der Waals surface area contributed by atoms with Crippen molar-refractivity contribution < 1.29 is 14.7 Å². The van der Waals surface area contributed by atoms with Gasteiger partial charge in [0.25, 0.3) is 0 Å². The van der Waals surface area contributed by atoms with Gasteiger partial charge in [-0.1, -0.05) is 12.1 Å². The predicted octanol–water partition coefficient (Wildman–Crippen LogP) is 4.00. The SMILES string of the molecule is O=C(Nc1ccc(C2CS2)cc1)N[C@@H]1CCCN(c2ccc(N3CCCC(CO)C3)cc2)C1=O. The van der Waals surface area contributed by atoms with Gasteiger partial charge in [-0.3, -0.25) is 4.79 Å². The molecule has 2 unspecified atom stereocenters. The maximum atomic E-state index is 13.2. The number of amides is 3. The first-order valence-corrected chi connectivity index (χ1v) is 13.2. The van der Waals surface area contributed by atoms with E-state index < -0.39 is 6.04 Å². The molecule has 0 bridgehead atoms. The van der Waals surface area contributed by atoms with Gasteiger partial charge in [-0.15, -0.1) is 0 Å². The fourth-order valence-electron chi connectivity index (χ4n) is 4.90. The van der Waals surface area contributed by atoms with Gasteiger partial charge in [-0.25, -0.2) is 4.79 Å². The minimum absolute atomic E-state index is 0.0754. The third-order valence-corrected chi connectivity index (χ3v) is 7.86. The number of urea groups is 1. The molecule has 5 rings (SSSR count). The van der Waals surface area contributed by atoms with E-state index in [1.165, 1.54) is 11.3 Å². The number of hydrogen-bond acceptors (Lipinski definition) is 5. The van der Waals surface area contributed by atoms with Crippen molar-refractivity contribution in [3.63, 3.8) is 0 Å². The Labute approximate surface area is 204 Å². The topological polar surface area (TPSA) is 84.9 Å². The number of nitrogens with one attached hydrogen (secondary N) is 2. The van der Waals surface area contributed by atoms with E-state index in [-0.39, 0.29) is 18.5 Å². The summed E-state index contributed by atoms with van der Waals surface area (Å²) in [5.41, 5.74) is 3.98. The largest absolute Gasteiger partial charge is 0.396 e. The number of carbonyl (C=O) groups excluding carboxylic acids is 2. The third kappa shape index (κ3) is 5.33. The Morgan fingerprint density at radius 1 is 1.00 bits per heavy atom. The van der Waals surface area contributed by atoms with Gasteiger partial charge in [0, 0.05) is 54.3 Å². The zero-order valence-corrected chi connectivity index (χ0v) is 20.1. The van der Waals surface area contributed by atoms with Crippen LogP contribution in [-0.2, 0) is 4.79 Å². The number of aliphatic hydroxyl groups excluding tert-OH is 1. The minimum Gasteiger partial charge on any atom is -0.396 e. The summed E-state index contributed by atoms with van der Waals surface area (Å²) >= 11 is 1.92. The van der Waals surface area contributed by atoms with E-state index in [9.17, 15) is 14.7 Å². The predicted molar refractivity (Wildman–Crippen MR) is 138 cm³/mol.